The Bertz CT molecular complexity index is 1250. The molecule has 2 amide bonds. The lowest BCUT2D eigenvalue weighted by atomic mass is 10.0. The number of nitrogens with two attached hydrogens (primary N) is 1. The zero-order valence-corrected chi connectivity index (χ0v) is 17.1. The Balaban J connectivity index is 1.56. The van der Waals surface area contributed by atoms with Gasteiger partial charge in [0.05, 0.1) is 16.8 Å². The third-order valence-corrected chi connectivity index (χ3v) is 5.10. The summed E-state index contributed by atoms with van der Waals surface area (Å²) in [5, 5.41) is 16.2. The number of allylic oxidation sites excluding steroid dienone is 1. The molecule has 1 aliphatic rings. The number of amides is 2. The highest BCUT2D eigenvalue weighted by Crippen LogP contribution is 2.35. The van der Waals surface area contributed by atoms with E-state index in [9.17, 15) is 19.5 Å². The molecule has 0 aromatic heterocycles. The molecule has 0 spiro atoms. The number of fused-ring (bicyclic) bond motifs is 1. The van der Waals surface area contributed by atoms with Gasteiger partial charge in [-0.2, -0.15) is 0 Å². The van der Waals surface area contributed by atoms with Crippen molar-refractivity contribution in [2.24, 2.45) is 5.84 Å². The first kappa shape index (κ1) is 20.8. The van der Waals surface area contributed by atoms with Crippen molar-refractivity contribution in [3.05, 3.63) is 95.2 Å². The fraction of sp³-hybridized carbons (Fsp3) is 0.0417. The molecule has 0 saturated carbocycles. The largest absolute Gasteiger partial charge is 0.478 e. The van der Waals surface area contributed by atoms with Crippen LogP contribution in [0.1, 0.15) is 33.2 Å². The maximum atomic E-state index is 12.6. The van der Waals surface area contributed by atoms with Crippen LogP contribution in [-0.2, 0) is 4.79 Å². The highest BCUT2D eigenvalue weighted by molar-refractivity contribution is 6.32. The van der Waals surface area contributed by atoms with Gasteiger partial charge in [-0.1, -0.05) is 18.2 Å². The Morgan fingerprint density at radius 2 is 1.62 bits per heavy atom. The lowest BCUT2D eigenvalue weighted by Crippen LogP contribution is -2.37. The van der Waals surface area contributed by atoms with E-state index in [1.807, 2.05) is 6.07 Å². The number of nitrogens with zero attached hydrogens (tertiary/aromatic N) is 1. The minimum atomic E-state index is -1.07. The predicted octanol–water partition coefficient (Wildman–Crippen LogP) is 3.70. The van der Waals surface area contributed by atoms with E-state index in [0.717, 1.165) is 5.01 Å². The molecule has 4 rings (SSSR count). The summed E-state index contributed by atoms with van der Waals surface area (Å²) >= 11 is 0. The van der Waals surface area contributed by atoms with Crippen LogP contribution in [0.3, 0.4) is 0 Å². The zero-order valence-electron chi connectivity index (χ0n) is 17.1. The molecule has 0 bridgehead atoms. The van der Waals surface area contributed by atoms with E-state index < -0.39 is 5.97 Å². The Morgan fingerprint density at radius 3 is 2.28 bits per heavy atom. The van der Waals surface area contributed by atoms with Crippen LogP contribution >= 0.6 is 0 Å². The first-order valence-corrected chi connectivity index (χ1v) is 9.76. The van der Waals surface area contributed by atoms with Crippen LogP contribution < -0.4 is 21.5 Å². The standard InChI is InChI=1S/C24H20N4O4/c1-14(21-19-13-16(24(31)32)9-12-20(19)27-22(21)29)26-17-10-7-15(8-11-17)23(30)28(25)18-5-3-2-4-6-18/h2-13,26H,25H2,1H3,(H,27,29)(H,31,32). The number of nitrogens with one attached hydrogen (secondary N) is 2. The smallest absolute Gasteiger partial charge is 0.335 e. The number of hydrogen-bond donors (Lipinski definition) is 4. The van der Waals surface area contributed by atoms with Crippen molar-refractivity contribution in [2.45, 2.75) is 6.92 Å². The Hall–Kier alpha value is -4.43. The molecule has 0 saturated heterocycles. The molecule has 32 heavy (non-hydrogen) atoms. The number of carbonyl (C=O) groups excluding carboxylic acids is 2. The Morgan fingerprint density at radius 1 is 0.969 bits per heavy atom. The second-order valence-corrected chi connectivity index (χ2v) is 7.23. The molecule has 1 heterocycles. The lowest BCUT2D eigenvalue weighted by Gasteiger charge is -2.17. The van der Waals surface area contributed by atoms with Gasteiger partial charge in [0.25, 0.3) is 11.8 Å². The van der Waals surface area contributed by atoms with Crippen LogP contribution in [0.15, 0.2) is 78.5 Å². The fourth-order valence-electron chi connectivity index (χ4n) is 3.49. The van der Waals surface area contributed by atoms with Gasteiger partial charge in [-0.3, -0.25) is 9.59 Å². The quantitative estimate of drug-likeness (QED) is 0.213. The first-order chi connectivity index (χ1) is 15.3. The van der Waals surface area contributed by atoms with E-state index in [0.29, 0.717) is 39.5 Å². The van der Waals surface area contributed by atoms with Crippen molar-refractivity contribution >= 4 is 40.4 Å². The second kappa shape index (κ2) is 8.37. The van der Waals surface area contributed by atoms with Gasteiger partial charge in [-0.25, -0.2) is 15.6 Å². The van der Waals surface area contributed by atoms with Crippen molar-refractivity contribution in [2.75, 3.05) is 15.6 Å². The van der Waals surface area contributed by atoms with Gasteiger partial charge in [0.15, 0.2) is 0 Å². The number of hydrogen-bond acceptors (Lipinski definition) is 5. The van der Waals surface area contributed by atoms with Gasteiger partial charge < -0.3 is 15.7 Å². The maximum Gasteiger partial charge on any atom is 0.335 e. The highest BCUT2D eigenvalue weighted by Gasteiger charge is 2.27. The van der Waals surface area contributed by atoms with Gasteiger partial charge in [-0.05, 0) is 61.5 Å². The van der Waals surface area contributed by atoms with E-state index >= 15 is 0 Å². The summed E-state index contributed by atoms with van der Waals surface area (Å²) < 4.78 is 0. The minimum Gasteiger partial charge on any atom is -0.478 e. The minimum absolute atomic E-state index is 0.0955. The lowest BCUT2D eigenvalue weighted by molar-refractivity contribution is -0.110. The van der Waals surface area contributed by atoms with E-state index in [1.54, 1.807) is 61.5 Å². The molecular formula is C24H20N4O4. The van der Waals surface area contributed by atoms with E-state index in [-0.39, 0.29) is 17.4 Å². The average Bonchev–Trinajstić information content (AvgIpc) is 3.14. The van der Waals surface area contributed by atoms with Crippen LogP contribution in [-0.4, -0.2) is 22.9 Å². The number of hydrazine groups is 1. The van der Waals surface area contributed by atoms with Crippen molar-refractivity contribution < 1.29 is 19.5 Å². The topological polar surface area (TPSA) is 125 Å². The number of rotatable bonds is 5. The summed E-state index contributed by atoms with van der Waals surface area (Å²) in [7, 11) is 0. The molecule has 0 aliphatic carbocycles. The van der Waals surface area contributed by atoms with Crippen LogP contribution in [0.4, 0.5) is 17.1 Å². The number of carboxylic acid groups (broad SMARTS) is 1. The molecule has 3 aromatic rings. The molecule has 1 aliphatic heterocycles. The van der Waals surface area contributed by atoms with Gasteiger partial charge in [-0.15, -0.1) is 0 Å². The third-order valence-electron chi connectivity index (χ3n) is 5.10. The molecule has 5 N–H and O–H groups in total. The van der Waals surface area contributed by atoms with E-state index in [2.05, 4.69) is 10.6 Å². The van der Waals surface area contributed by atoms with E-state index in [1.165, 1.54) is 12.1 Å². The van der Waals surface area contributed by atoms with Crippen LogP contribution in [0.5, 0.6) is 0 Å². The Kier molecular flexibility index (Phi) is 5.44. The molecule has 8 heteroatoms. The molecule has 0 radical (unpaired) electrons. The summed E-state index contributed by atoms with van der Waals surface area (Å²) in [4.78, 5) is 36.4. The Labute approximate surface area is 183 Å². The molecule has 3 aromatic carbocycles. The summed E-state index contributed by atoms with van der Waals surface area (Å²) in [6, 6.07) is 20.1. The maximum absolute atomic E-state index is 12.6. The number of anilines is 3. The molecule has 0 unspecified atom stereocenters. The fourth-order valence-corrected chi connectivity index (χ4v) is 3.49. The second-order valence-electron chi connectivity index (χ2n) is 7.23. The highest BCUT2D eigenvalue weighted by atomic mass is 16.4. The average molecular weight is 428 g/mol. The van der Waals surface area contributed by atoms with Crippen molar-refractivity contribution in [3.8, 4) is 0 Å². The van der Waals surface area contributed by atoms with Crippen LogP contribution in [0, 0.1) is 0 Å². The van der Waals surface area contributed by atoms with Gasteiger partial charge in [0.1, 0.15) is 0 Å². The zero-order chi connectivity index (χ0) is 22.8. The van der Waals surface area contributed by atoms with Crippen molar-refractivity contribution in [1.82, 2.24) is 0 Å². The summed E-state index contributed by atoms with van der Waals surface area (Å²) in [5.74, 6) is 4.20. The van der Waals surface area contributed by atoms with Gasteiger partial charge in [0, 0.05) is 28.2 Å². The summed E-state index contributed by atoms with van der Waals surface area (Å²) in [6.07, 6.45) is 0. The number of para-hydroxylation sites is 1. The number of carbonyl (C=O) groups is 3. The monoisotopic (exact) mass is 428 g/mol. The van der Waals surface area contributed by atoms with Gasteiger partial charge in [0.2, 0.25) is 0 Å². The predicted molar refractivity (Wildman–Crippen MR) is 122 cm³/mol. The molecule has 160 valence electrons. The van der Waals surface area contributed by atoms with Gasteiger partial charge >= 0.3 is 5.97 Å². The number of carboxylic acids is 1. The van der Waals surface area contributed by atoms with Crippen molar-refractivity contribution in [3.63, 3.8) is 0 Å². The number of benzene rings is 3. The van der Waals surface area contributed by atoms with Crippen molar-refractivity contribution in [1.29, 1.82) is 0 Å². The SMILES string of the molecule is CC(Nc1ccc(C(=O)N(N)c2ccccc2)cc1)=C1C(=O)Nc2ccc(C(=O)O)cc21. The van der Waals surface area contributed by atoms with Crippen LogP contribution in [0.2, 0.25) is 0 Å². The third kappa shape index (κ3) is 3.94. The summed E-state index contributed by atoms with van der Waals surface area (Å²) in [6.45, 7) is 1.73. The number of aromatic carboxylic acids is 1. The summed E-state index contributed by atoms with van der Waals surface area (Å²) in [5.41, 5.74) is 3.72. The molecular weight excluding hydrogens is 408 g/mol. The first-order valence-electron chi connectivity index (χ1n) is 9.76. The molecule has 0 fully saturated rings. The van der Waals surface area contributed by atoms with E-state index in [4.69, 9.17) is 5.84 Å². The normalized spacial score (nSPS) is 13.8. The van der Waals surface area contributed by atoms with Crippen LogP contribution in [0.25, 0.3) is 5.57 Å². The molecule has 0 atom stereocenters. The molecule has 8 nitrogen and oxygen atoms in total.